The molecular formula is C14H15BrN2OS2. The maximum atomic E-state index is 5.26. The first kappa shape index (κ1) is 15.7. The van der Waals surface area contributed by atoms with Crippen LogP contribution in [0.2, 0.25) is 0 Å². The number of thioether (sulfide) groups is 1. The van der Waals surface area contributed by atoms with Gasteiger partial charge < -0.3 is 9.72 Å². The molecule has 1 aromatic heterocycles. The summed E-state index contributed by atoms with van der Waals surface area (Å²) in [5, 5.41) is 0. The molecule has 0 unspecified atom stereocenters. The Hall–Kier alpha value is -0.690. The highest BCUT2D eigenvalue weighted by Gasteiger charge is 2.07. The molecule has 0 fully saturated rings. The topological polar surface area (TPSA) is 37.9 Å². The number of hydrogen-bond donors (Lipinski definition) is 1. The Morgan fingerprint density at radius 3 is 2.85 bits per heavy atom. The van der Waals surface area contributed by atoms with Gasteiger partial charge in [-0.2, -0.15) is 0 Å². The summed E-state index contributed by atoms with van der Waals surface area (Å²) < 4.78 is 6.53. The number of nitrogens with one attached hydrogen (secondary N) is 1. The molecule has 0 aliphatic heterocycles. The number of nitrogens with zero attached hydrogens (tertiary/aromatic N) is 1. The van der Waals surface area contributed by atoms with E-state index in [-0.39, 0.29) is 0 Å². The maximum Gasteiger partial charge on any atom is 0.144 e. The number of aromatic nitrogens is 2. The SMILES string of the molecule is COCc1[nH]c(CSc2ccccc2C)nc(=S)c1Br. The number of ether oxygens (including phenoxy) is 1. The average molecular weight is 371 g/mol. The van der Waals surface area contributed by atoms with E-state index in [4.69, 9.17) is 17.0 Å². The lowest BCUT2D eigenvalue weighted by molar-refractivity contribution is 0.180. The minimum atomic E-state index is 0.481. The molecule has 0 saturated heterocycles. The van der Waals surface area contributed by atoms with Gasteiger partial charge in [-0.3, -0.25) is 0 Å². The number of aromatic amines is 1. The first-order valence-corrected chi connectivity index (χ1v) is 8.25. The zero-order valence-electron chi connectivity index (χ0n) is 11.3. The number of H-pyrrole nitrogens is 1. The van der Waals surface area contributed by atoms with Crippen molar-refractivity contribution in [3.05, 3.63) is 50.5 Å². The first-order valence-electron chi connectivity index (χ1n) is 6.06. The summed E-state index contributed by atoms with van der Waals surface area (Å²) in [5.41, 5.74) is 2.19. The fraction of sp³-hybridized carbons (Fsp3) is 0.286. The molecule has 6 heteroatoms. The molecular weight excluding hydrogens is 356 g/mol. The molecule has 20 heavy (non-hydrogen) atoms. The highest BCUT2D eigenvalue weighted by atomic mass is 79.9. The number of halogens is 1. The zero-order chi connectivity index (χ0) is 14.5. The minimum Gasteiger partial charge on any atom is -0.378 e. The predicted octanol–water partition coefficient (Wildman–Crippen LogP) is 4.65. The van der Waals surface area contributed by atoms with Gasteiger partial charge in [-0.15, -0.1) is 11.8 Å². The normalized spacial score (nSPS) is 10.8. The monoisotopic (exact) mass is 370 g/mol. The van der Waals surface area contributed by atoms with Crippen LogP contribution in [-0.2, 0) is 17.1 Å². The van der Waals surface area contributed by atoms with E-state index in [9.17, 15) is 0 Å². The van der Waals surface area contributed by atoms with Crippen LogP contribution < -0.4 is 0 Å². The lowest BCUT2D eigenvalue weighted by atomic mass is 10.2. The van der Waals surface area contributed by atoms with Crippen LogP contribution in [0.5, 0.6) is 0 Å². The molecule has 1 heterocycles. The molecule has 106 valence electrons. The second-order valence-electron chi connectivity index (χ2n) is 4.27. The highest BCUT2D eigenvalue weighted by Crippen LogP contribution is 2.25. The Morgan fingerprint density at radius 1 is 1.40 bits per heavy atom. The summed E-state index contributed by atoms with van der Waals surface area (Å²) in [5.74, 6) is 1.61. The molecule has 0 amide bonds. The summed E-state index contributed by atoms with van der Waals surface area (Å²) >= 11 is 10.4. The maximum absolute atomic E-state index is 5.26. The van der Waals surface area contributed by atoms with Crippen LogP contribution in [0.4, 0.5) is 0 Å². The molecule has 0 radical (unpaired) electrons. The fourth-order valence-corrected chi connectivity index (χ4v) is 3.17. The molecule has 1 aromatic carbocycles. The third kappa shape index (κ3) is 3.91. The van der Waals surface area contributed by atoms with E-state index in [1.807, 2.05) is 12.1 Å². The van der Waals surface area contributed by atoms with Gasteiger partial charge in [0.15, 0.2) is 0 Å². The van der Waals surface area contributed by atoms with Crippen molar-refractivity contribution in [2.75, 3.05) is 7.11 Å². The third-order valence-electron chi connectivity index (χ3n) is 2.73. The van der Waals surface area contributed by atoms with Gasteiger partial charge in [-0.25, -0.2) is 4.98 Å². The summed E-state index contributed by atoms with van der Waals surface area (Å²) in [6.45, 7) is 2.59. The van der Waals surface area contributed by atoms with Crippen molar-refractivity contribution >= 4 is 39.9 Å². The Kier molecular flexibility index (Phi) is 5.77. The van der Waals surface area contributed by atoms with Crippen LogP contribution >= 0.6 is 39.9 Å². The second kappa shape index (κ2) is 7.36. The molecule has 0 aliphatic rings. The largest absolute Gasteiger partial charge is 0.378 e. The van der Waals surface area contributed by atoms with Gasteiger partial charge in [0.1, 0.15) is 10.5 Å². The first-order chi connectivity index (χ1) is 9.61. The summed E-state index contributed by atoms with van der Waals surface area (Å²) in [4.78, 5) is 8.92. The Balaban J connectivity index is 2.18. The van der Waals surface area contributed by atoms with Gasteiger partial charge in [-0.1, -0.05) is 30.4 Å². The Bertz CT molecular complexity index is 658. The zero-order valence-corrected chi connectivity index (χ0v) is 14.5. The minimum absolute atomic E-state index is 0.481. The van der Waals surface area contributed by atoms with Crippen LogP contribution in [0.3, 0.4) is 0 Å². The van der Waals surface area contributed by atoms with Crippen molar-refractivity contribution < 1.29 is 4.74 Å². The standard InChI is InChI=1S/C14H15BrN2OS2/c1-9-5-3-4-6-11(9)20-8-12-16-10(7-18-2)13(15)14(19)17-12/h3-6H,7-8H2,1-2H3,(H,16,17,19). The summed E-state index contributed by atoms with van der Waals surface area (Å²) in [7, 11) is 1.66. The van der Waals surface area contributed by atoms with Crippen molar-refractivity contribution in [2.45, 2.75) is 24.2 Å². The van der Waals surface area contributed by atoms with Crippen molar-refractivity contribution in [1.29, 1.82) is 0 Å². The van der Waals surface area contributed by atoms with Crippen molar-refractivity contribution in [2.24, 2.45) is 0 Å². The number of methoxy groups -OCH3 is 1. The molecule has 0 spiro atoms. The van der Waals surface area contributed by atoms with Crippen LogP contribution in [0.15, 0.2) is 33.6 Å². The molecule has 0 aliphatic carbocycles. The number of benzene rings is 1. The quantitative estimate of drug-likeness (QED) is 0.613. The van der Waals surface area contributed by atoms with Gasteiger partial charge in [0.05, 0.1) is 22.5 Å². The van der Waals surface area contributed by atoms with Crippen molar-refractivity contribution in [3.8, 4) is 0 Å². The molecule has 3 nitrogen and oxygen atoms in total. The van der Waals surface area contributed by atoms with Gasteiger partial charge in [0.25, 0.3) is 0 Å². The van der Waals surface area contributed by atoms with E-state index in [0.717, 1.165) is 21.7 Å². The van der Waals surface area contributed by atoms with Gasteiger partial charge in [-0.05, 0) is 34.5 Å². The molecule has 0 bridgehead atoms. The summed E-state index contributed by atoms with van der Waals surface area (Å²) in [6, 6.07) is 8.31. The van der Waals surface area contributed by atoms with Crippen molar-refractivity contribution in [1.82, 2.24) is 9.97 Å². The van der Waals surface area contributed by atoms with E-state index in [0.29, 0.717) is 11.2 Å². The molecule has 0 atom stereocenters. The summed E-state index contributed by atoms with van der Waals surface area (Å²) in [6.07, 6.45) is 0. The molecule has 0 saturated carbocycles. The average Bonchev–Trinajstić information content (AvgIpc) is 2.43. The number of aryl methyl sites for hydroxylation is 1. The molecule has 1 N–H and O–H groups in total. The number of rotatable bonds is 5. The third-order valence-corrected chi connectivity index (χ3v) is 5.33. The smallest absolute Gasteiger partial charge is 0.144 e. The van der Waals surface area contributed by atoms with Crippen molar-refractivity contribution in [3.63, 3.8) is 0 Å². The van der Waals surface area contributed by atoms with Gasteiger partial charge in [0.2, 0.25) is 0 Å². The highest BCUT2D eigenvalue weighted by molar-refractivity contribution is 9.10. The van der Waals surface area contributed by atoms with E-state index in [1.54, 1.807) is 18.9 Å². The van der Waals surface area contributed by atoms with Crippen LogP contribution in [0.25, 0.3) is 0 Å². The van der Waals surface area contributed by atoms with Gasteiger partial charge in [0, 0.05) is 12.0 Å². The Morgan fingerprint density at radius 2 is 2.15 bits per heavy atom. The van der Waals surface area contributed by atoms with E-state index in [1.165, 1.54) is 10.5 Å². The predicted molar refractivity (Wildman–Crippen MR) is 88.6 cm³/mol. The lowest BCUT2D eigenvalue weighted by Gasteiger charge is -2.08. The van der Waals surface area contributed by atoms with Crippen LogP contribution in [0.1, 0.15) is 17.1 Å². The number of hydrogen-bond acceptors (Lipinski definition) is 4. The van der Waals surface area contributed by atoms with Gasteiger partial charge >= 0.3 is 0 Å². The van der Waals surface area contributed by atoms with Crippen LogP contribution in [-0.4, -0.2) is 17.1 Å². The molecule has 2 aromatic rings. The Labute approximate surface area is 136 Å². The van der Waals surface area contributed by atoms with Crippen LogP contribution in [0, 0.1) is 11.6 Å². The second-order valence-corrected chi connectivity index (χ2v) is 6.47. The van der Waals surface area contributed by atoms with E-state index >= 15 is 0 Å². The molecule has 2 rings (SSSR count). The fourth-order valence-electron chi connectivity index (χ4n) is 1.73. The lowest BCUT2D eigenvalue weighted by Crippen LogP contribution is -2.02. The van der Waals surface area contributed by atoms with E-state index in [2.05, 4.69) is 45.0 Å². The van der Waals surface area contributed by atoms with E-state index < -0.39 is 0 Å².